The molecule has 2 N–H and O–H groups in total. The minimum Gasteiger partial charge on any atom is -0.478 e. The summed E-state index contributed by atoms with van der Waals surface area (Å²) in [6.07, 6.45) is -1.49. The van der Waals surface area contributed by atoms with Gasteiger partial charge < -0.3 is 19.7 Å². The number of rotatable bonds is 8. The number of carboxylic acids is 1. The molecule has 0 saturated carbocycles. The monoisotopic (exact) mass is 394 g/mol. The predicted octanol–water partition coefficient (Wildman–Crippen LogP) is 2.70. The van der Waals surface area contributed by atoms with Gasteiger partial charge in [-0.25, -0.2) is 9.78 Å². The Hall–Kier alpha value is -3.29. The van der Waals surface area contributed by atoms with Crippen LogP contribution in [0.4, 0.5) is 0 Å². The first-order valence-corrected chi connectivity index (χ1v) is 9.02. The van der Waals surface area contributed by atoms with Gasteiger partial charge in [-0.2, -0.15) is 4.98 Å². The molecule has 7 heteroatoms. The zero-order valence-corrected chi connectivity index (χ0v) is 16.1. The van der Waals surface area contributed by atoms with Gasteiger partial charge in [0, 0.05) is 12.8 Å². The number of aliphatic hydroxyl groups excluding tert-OH is 1. The summed E-state index contributed by atoms with van der Waals surface area (Å²) < 4.78 is 11.7. The lowest BCUT2D eigenvalue weighted by Gasteiger charge is -2.37. The van der Waals surface area contributed by atoms with E-state index in [-0.39, 0.29) is 12.6 Å². The highest BCUT2D eigenvalue weighted by molar-refractivity contribution is 5.76. The van der Waals surface area contributed by atoms with E-state index >= 15 is 0 Å². The van der Waals surface area contributed by atoms with E-state index in [9.17, 15) is 15.0 Å². The number of benzene rings is 2. The van der Waals surface area contributed by atoms with Gasteiger partial charge in [0.1, 0.15) is 0 Å². The second-order valence-corrected chi connectivity index (χ2v) is 6.45. The molecule has 0 aliphatic heterocycles. The molecule has 150 valence electrons. The van der Waals surface area contributed by atoms with Gasteiger partial charge in [0.25, 0.3) is 0 Å². The van der Waals surface area contributed by atoms with Crippen LogP contribution in [0, 0.1) is 6.92 Å². The standard InChI is InChI=1S/C22H22N2O5/c1-15-13-18(14-25)24-21(23-15)29-19(20(26)27)22(28-2,16-9-5-3-6-10-16)17-11-7-4-8-12-17/h3-13,19,25H,14H2,1-2H3,(H,26,27)/t19-/m1/s1. The Morgan fingerprint density at radius 2 is 1.59 bits per heavy atom. The number of carbonyl (C=O) groups is 1. The van der Waals surface area contributed by atoms with Crippen molar-refractivity contribution in [3.05, 3.63) is 89.2 Å². The van der Waals surface area contributed by atoms with Crippen LogP contribution in [0.2, 0.25) is 0 Å². The van der Waals surface area contributed by atoms with Crippen molar-refractivity contribution >= 4 is 5.97 Å². The van der Waals surface area contributed by atoms with Crippen molar-refractivity contribution in [1.82, 2.24) is 9.97 Å². The molecule has 1 atom stereocenters. The van der Waals surface area contributed by atoms with E-state index in [0.29, 0.717) is 22.5 Å². The fourth-order valence-corrected chi connectivity index (χ4v) is 3.33. The summed E-state index contributed by atoms with van der Waals surface area (Å²) in [6, 6.07) is 19.5. The summed E-state index contributed by atoms with van der Waals surface area (Å²) in [5.74, 6) is -1.24. The first kappa shape index (κ1) is 20.4. The molecule has 29 heavy (non-hydrogen) atoms. The predicted molar refractivity (Wildman–Crippen MR) is 105 cm³/mol. The number of aromatic nitrogens is 2. The van der Waals surface area contributed by atoms with Gasteiger partial charge in [-0.05, 0) is 24.1 Å². The quantitative estimate of drug-likeness (QED) is 0.606. The van der Waals surface area contributed by atoms with Gasteiger partial charge in [-0.3, -0.25) is 0 Å². The molecule has 0 unspecified atom stereocenters. The van der Waals surface area contributed by atoms with Crippen molar-refractivity contribution < 1.29 is 24.5 Å². The Kier molecular flexibility index (Phi) is 6.21. The van der Waals surface area contributed by atoms with Crippen LogP contribution < -0.4 is 4.74 Å². The summed E-state index contributed by atoms with van der Waals surface area (Å²) in [6.45, 7) is 1.39. The Bertz CT molecular complexity index is 924. The summed E-state index contributed by atoms with van der Waals surface area (Å²) in [4.78, 5) is 20.7. The van der Waals surface area contributed by atoms with Gasteiger partial charge >= 0.3 is 12.0 Å². The SMILES string of the molecule is COC(c1ccccc1)(c1ccccc1)[C@H](Oc1nc(C)cc(CO)n1)C(=O)O. The molecular formula is C22H22N2O5. The lowest BCUT2D eigenvalue weighted by atomic mass is 9.81. The molecule has 0 aliphatic carbocycles. The van der Waals surface area contributed by atoms with E-state index in [1.54, 1.807) is 61.5 Å². The summed E-state index contributed by atoms with van der Waals surface area (Å²) >= 11 is 0. The molecule has 0 saturated heterocycles. The van der Waals surface area contributed by atoms with E-state index in [4.69, 9.17) is 9.47 Å². The third-order valence-electron chi connectivity index (χ3n) is 4.59. The first-order chi connectivity index (χ1) is 14.0. The van der Waals surface area contributed by atoms with Crippen LogP contribution in [0.15, 0.2) is 66.7 Å². The lowest BCUT2D eigenvalue weighted by Crippen LogP contribution is -2.50. The number of hydrogen-bond donors (Lipinski definition) is 2. The summed E-state index contributed by atoms with van der Waals surface area (Å²) in [5, 5.41) is 19.5. The van der Waals surface area contributed by atoms with Gasteiger partial charge in [-0.1, -0.05) is 60.7 Å². The van der Waals surface area contributed by atoms with Crippen LogP contribution in [-0.4, -0.2) is 39.4 Å². The number of aryl methyl sites for hydroxylation is 1. The van der Waals surface area contributed by atoms with Crippen molar-refractivity contribution in [2.75, 3.05) is 7.11 Å². The van der Waals surface area contributed by atoms with Crippen molar-refractivity contribution in [2.45, 2.75) is 25.2 Å². The largest absolute Gasteiger partial charge is 0.478 e. The molecule has 1 aromatic heterocycles. The Labute approximate surface area is 168 Å². The third kappa shape index (κ3) is 4.11. The Morgan fingerprint density at radius 1 is 1.03 bits per heavy atom. The molecule has 7 nitrogen and oxygen atoms in total. The van der Waals surface area contributed by atoms with Crippen LogP contribution in [0.3, 0.4) is 0 Å². The normalized spacial score (nSPS) is 12.4. The van der Waals surface area contributed by atoms with Gasteiger partial charge in [-0.15, -0.1) is 0 Å². The third-order valence-corrected chi connectivity index (χ3v) is 4.59. The topological polar surface area (TPSA) is 102 Å². The molecular weight excluding hydrogens is 372 g/mol. The lowest BCUT2D eigenvalue weighted by molar-refractivity contribution is -0.160. The highest BCUT2D eigenvalue weighted by Crippen LogP contribution is 2.38. The molecule has 0 aliphatic rings. The summed E-state index contributed by atoms with van der Waals surface area (Å²) in [7, 11) is 1.44. The molecule has 0 bridgehead atoms. The van der Waals surface area contributed by atoms with E-state index < -0.39 is 17.7 Å². The van der Waals surface area contributed by atoms with Crippen molar-refractivity contribution in [1.29, 1.82) is 0 Å². The maximum absolute atomic E-state index is 12.4. The van der Waals surface area contributed by atoms with E-state index in [0.717, 1.165) is 0 Å². The zero-order chi connectivity index (χ0) is 20.9. The fraction of sp³-hybridized carbons (Fsp3) is 0.227. The van der Waals surface area contributed by atoms with Crippen LogP contribution in [-0.2, 0) is 21.7 Å². The minimum atomic E-state index is -1.49. The second-order valence-electron chi connectivity index (χ2n) is 6.45. The average molecular weight is 394 g/mol. The fourth-order valence-electron chi connectivity index (χ4n) is 3.33. The molecule has 0 fully saturated rings. The molecule has 0 spiro atoms. The Morgan fingerprint density at radius 3 is 2.03 bits per heavy atom. The molecule has 2 aromatic carbocycles. The van der Waals surface area contributed by atoms with Crippen LogP contribution in [0.1, 0.15) is 22.5 Å². The molecule has 1 heterocycles. The average Bonchev–Trinajstić information content (AvgIpc) is 2.75. The number of hydrogen-bond acceptors (Lipinski definition) is 6. The van der Waals surface area contributed by atoms with Crippen LogP contribution >= 0.6 is 0 Å². The first-order valence-electron chi connectivity index (χ1n) is 9.02. The number of nitrogens with zero attached hydrogens (tertiary/aromatic N) is 2. The molecule has 3 aromatic rings. The molecule has 0 radical (unpaired) electrons. The number of carboxylic acid groups (broad SMARTS) is 1. The number of aliphatic carboxylic acids is 1. The number of aliphatic hydroxyl groups is 1. The summed E-state index contributed by atoms with van der Waals surface area (Å²) in [5.41, 5.74) is 0.637. The minimum absolute atomic E-state index is 0.144. The van der Waals surface area contributed by atoms with Gasteiger partial charge in [0.2, 0.25) is 6.10 Å². The second kappa shape index (κ2) is 8.81. The van der Waals surface area contributed by atoms with Crippen molar-refractivity contribution in [2.24, 2.45) is 0 Å². The number of methoxy groups -OCH3 is 1. The van der Waals surface area contributed by atoms with Crippen molar-refractivity contribution in [3.63, 3.8) is 0 Å². The van der Waals surface area contributed by atoms with Crippen LogP contribution in [0.5, 0.6) is 6.01 Å². The number of ether oxygens (including phenoxy) is 2. The maximum Gasteiger partial charge on any atom is 0.348 e. The van der Waals surface area contributed by atoms with Crippen LogP contribution in [0.25, 0.3) is 0 Å². The van der Waals surface area contributed by atoms with E-state index in [2.05, 4.69) is 9.97 Å². The van der Waals surface area contributed by atoms with E-state index in [1.165, 1.54) is 7.11 Å². The van der Waals surface area contributed by atoms with Gasteiger partial charge in [0.15, 0.2) is 5.60 Å². The Balaban J connectivity index is 2.18. The molecule has 3 rings (SSSR count). The zero-order valence-electron chi connectivity index (χ0n) is 16.1. The highest BCUT2D eigenvalue weighted by Gasteiger charge is 2.49. The van der Waals surface area contributed by atoms with E-state index in [1.807, 2.05) is 12.1 Å². The molecule has 0 amide bonds. The van der Waals surface area contributed by atoms with Gasteiger partial charge in [0.05, 0.1) is 12.3 Å². The maximum atomic E-state index is 12.4. The smallest absolute Gasteiger partial charge is 0.348 e. The highest BCUT2D eigenvalue weighted by atomic mass is 16.6. The van der Waals surface area contributed by atoms with Crippen molar-refractivity contribution in [3.8, 4) is 6.01 Å².